The van der Waals surface area contributed by atoms with Gasteiger partial charge in [0.1, 0.15) is 0 Å². The quantitative estimate of drug-likeness (QED) is 0.821. The van der Waals surface area contributed by atoms with Gasteiger partial charge in [0, 0.05) is 51.1 Å². The predicted molar refractivity (Wildman–Crippen MR) is 102 cm³/mol. The number of ether oxygens (including phenoxy) is 2. The maximum atomic E-state index is 12.9. The van der Waals surface area contributed by atoms with Crippen LogP contribution in [-0.2, 0) is 26.3 Å². The van der Waals surface area contributed by atoms with Gasteiger partial charge in [-0.15, -0.1) is 11.3 Å². The Labute approximate surface area is 163 Å². The molecular weight excluding hydrogens is 366 g/mol. The highest BCUT2D eigenvalue weighted by Crippen LogP contribution is 2.44. The summed E-state index contributed by atoms with van der Waals surface area (Å²) in [5, 5.41) is 2.77. The molecule has 7 nitrogen and oxygen atoms in total. The lowest BCUT2D eigenvalue weighted by Gasteiger charge is -2.44. The molecule has 4 rings (SSSR count). The van der Waals surface area contributed by atoms with Crippen LogP contribution in [0.25, 0.3) is 0 Å². The van der Waals surface area contributed by atoms with Crippen LogP contribution in [0.1, 0.15) is 33.0 Å². The van der Waals surface area contributed by atoms with E-state index in [4.69, 9.17) is 9.47 Å². The van der Waals surface area contributed by atoms with Crippen LogP contribution < -0.4 is 5.32 Å². The second kappa shape index (κ2) is 7.87. The van der Waals surface area contributed by atoms with Crippen molar-refractivity contribution < 1.29 is 19.1 Å². The second-order valence-electron chi connectivity index (χ2n) is 7.45. The van der Waals surface area contributed by atoms with E-state index in [0.717, 1.165) is 50.4 Å². The van der Waals surface area contributed by atoms with E-state index < -0.39 is 0 Å². The lowest BCUT2D eigenvalue weighted by molar-refractivity contribution is -0.123. The summed E-state index contributed by atoms with van der Waals surface area (Å²) >= 11 is 1.58. The van der Waals surface area contributed by atoms with Crippen molar-refractivity contribution in [3.63, 3.8) is 0 Å². The minimum Gasteiger partial charge on any atom is -0.383 e. The molecule has 148 valence electrons. The summed E-state index contributed by atoms with van der Waals surface area (Å²) in [5.74, 6) is -0.115. The number of amides is 2. The summed E-state index contributed by atoms with van der Waals surface area (Å²) in [6.45, 7) is 5.62. The number of fused-ring (bicyclic) bond motifs is 2. The number of nitrogens with one attached hydrogen (secondary N) is 1. The molecule has 0 bridgehead atoms. The van der Waals surface area contributed by atoms with Gasteiger partial charge in [0.05, 0.1) is 30.2 Å². The molecule has 1 N–H and O–H groups in total. The first kappa shape index (κ1) is 18.9. The molecule has 3 aliphatic heterocycles. The molecule has 1 aromatic heterocycles. The first-order valence-corrected chi connectivity index (χ1v) is 10.5. The third-order valence-corrected chi connectivity index (χ3v) is 7.00. The Morgan fingerprint density at radius 1 is 1.37 bits per heavy atom. The molecule has 1 spiro atoms. The largest absolute Gasteiger partial charge is 0.383 e. The van der Waals surface area contributed by atoms with Crippen LogP contribution in [0.3, 0.4) is 0 Å². The molecule has 0 atom stereocenters. The molecule has 1 aromatic rings. The average Bonchev–Trinajstić information content (AvgIpc) is 3.13. The van der Waals surface area contributed by atoms with Crippen LogP contribution in [-0.4, -0.2) is 81.2 Å². The predicted octanol–water partition coefficient (Wildman–Crippen LogP) is 0.830. The standard InChI is InChI=1S/C19H27N3O4S/c1-25-11-9-21-6-3-19(4-7-21)14-12-16(27-15(14)2-10-26-19)18(24)22-8-5-20-17(23)13-22/h12H,2-11,13H2,1H3,(H,20,23). The van der Waals surface area contributed by atoms with Crippen LogP contribution >= 0.6 is 11.3 Å². The topological polar surface area (TPSA) is 71.1 Å². The van der Waals surface area contributed by atoms with Crippen molar-refractivity contribution in [3.8, 4) is 0 Å². The van der Waals surface area contributed by atoms with Crippen molar-refractivity contribution in [1.82, 2.24) is 15.1 Å². The number of piperidine rings is 1. The maximum absolute atomic E-state index is 12.9. The first-order valence-electron chi connectivity index (χ1n) is 9.66. The third kappa shape index (κ3) is 3.76. The Morgan fingerprint density at radius 2 is 2.19 bits per heavy atom. The maximum Gasteiger partial charge on any atom is 0.264 e. The molecular formula is C19H27N3O4S. The van der Waals surface area contributed by atoms with E-state index >= 15 is 0 Å². The van der Waals surface area contributed by atoms with Crippen LogP contribution in [0.2, 0.25) is 0 Å². The molecule has 2 fully saturated rings. The molecule has 0 aromatic carbocycles. The molecule has 0 aliphatic carbocycles. The highest BCUT2D eigenvalue weighted by atomic mass is 32.1. The van der Waals surface area contributed by atoms with Crippen LogP contribution in [0.15, 0.2) is 6.07 Å². The summed E-state index contributed by atoms with van der Waals surface area (Å²) in [7, 11) is 1.73. The number of hydrogen-bond donors (Lipinski definition) is 1. The highest BCUT2D eigenvalue weighted by Gasteiger charge is 2.42. The van der Waals surface area contributed by atoms with E-state index in [9.17, 15) is 9.59 Å². The van der Waals surface area contributed by atoms with Gasteiger partial charge < -0.3 is 24.6 Å². The normalized spacial score (nSPS) is 22.6. The molecule has 8 heteroatoms. The number of nitrogens with zero attached hydrogens (tertiary/aromatic N) is 2. The van der Waals surface area contributed by atoms with E-state index in [0.29, 0.717) is 19.7 Å². The molecule has 4 heterocycles. The number of carbonyl (C=O) groups is 2. The van der Waals surface area contributed by atoms with Crippen molar-refractivity contribution in [2.45, 2.75) is 24.9 Å². The Kier molecular flexibility index (Phi) is 5.50. The Hall–Kier alpha value is -1.48. The fourth-order valence-corrected chi connectivity index (χ4v) is 5.46. The molecule has 2 amide bonds. The Morgan fingerprint density at radius 3 is 2.93 bits per heavy atom. The fourth-order valence-electron chi connectivity index (χ4n) is 4.26. The number of methoxy groups -OCH3 is 1. The molecule has 3 aliphatic rings. The van der Waals surface area contributed by atoms with Crippen molar-refractivity contribution in [3.05, 3.63) is 21.4 Å². The SMILES string of the molecule is COCCN1CCC2(CC1)OCCc1sc(C(=O)N3CCNC(=O)C3)cc12. The Balaban J connectivity index is 1.50. The number of carbonyl (C=O) groups excluding carboxylic acids is 2. The summed E-state index contributed by atoms with van der Waals surface area (Å²) in [5.41, 5.74) is 0.945. The van der Waals surface area contributed by atoms with Gasteiger partial charge >= 0.3 is 0 Å². The minimum absolute atomic E-state index is 0.0306. The highest BCUT2D eigenvalue weighted by molar-refractivity contribution is 7.14. The average molecular weight is 394 g/mol. The van der Waals surface area contributed by atoms with E-state index in [-0.39, 0.29) is 24.0 Å². The molecule has 0 saturated carbocycles. The number of piperazine rings is 1. The van der Waals surface area contributed by atoms with Crippen LogP contribution in [0.5, 0.6) is 0 Å². The summed E-state index contributed by atoms with van der Waals surface area (Å²) in [6.07, 6.45) is 2.75. The van der Waals surface area contributed by atoms with Gasteiger partial charge in [0.15, 0.2) is 0 Å². The van der Waals surface area contributed by atoms with Crippen LogP contribution in [0.4, 0.5) is 0 Å². The first-order chi connectivity index (χ1) is 13.1. The van der Waals surface area contributed by atoms with Gasteiger partial charge in [0.2, 0.25) is 5.91 Å². The van der Waals surface area contributed by atoms with Gasteiger partial charge in [-0.25, -0.2) is 0 Å². The lowest BCUT2D eigenvalue weighted by Crippen LogP contribution is -2.49. The van der Waals surface area contributed by atoms with Gasteiger partial charge in [-0.2, -0.15) is 0 Å². The number of thiophene rings is 1. The molecule has 0 radical (unpaired) electrons. The fraction of sp³-hybridized carbons (Fsp3) is 0.684. The monoisotopic (exact) mass is 393 g/mol. The third-order valence-electron chi connectivity index (χ3n) is 5.82. The van der Waals surface area contributed by atoms with Gasteiger partial charge in [-0.3, -0.25) is 9.59 Å². The summed E-state index contributed by atoms with van der Waals surface area (Å²) in [4.78, 5) is 30.6. The Bertz CT molecular complexity index is 712. The van der Waals surface area contributed by atoms with Gasteiger partial charge in [-0.1, -0.05) is 0 Å². The van der Waals surface area contributed by atoms with Crippen molar-refractivity contribution in [2.75, 3.05) is 59.6 Å². The zero-order valence-electron chi connectivity index (χ0n) is 15.8. The van der Waals surface area contributed by atoms with Gasteiger partial charge in [-0.05, 0) is 24.5 Å². The smallest absolute Gasteiger partial charge is 0.264 e. The van der Waals surface area contributed by atoms with Gasteiger partial charge in [0.25, 0.3) is 5.91 Å². The summed E-state index contributed by atoms with van der Waals surface area (Å²) < 4.78 is 11.5. The number of rotatable bonds is 4. The molecule has 2 saturated heterocycles. The van der Waals surface area contributed by atoms with E-state index in [2.05, 4.69) is 10.2 Å². The van der Waals surface area contributed by atoms with Crippen molar-refractivity contribution in [1.29, 1.82) is 0 Å². The molecule has 0 unspecified atom stereocenters. The van der Waals surface area contributed by atoms with Crippen LogP contribution in [0, 0.1) is 0 Å². The van der Waals surface area contributed by atoms with E-state index in [1.165, 1.54) is 10.4 Å². The number of hydrogen-bond acceptors (Lipinski definition) is 6. The number of likely N-dealkylation sites (tertiary alicyclic amines) is 1. The summed E-state index contributed by atoms with van der Waals surface area (Å²) in [6, 6.07) is 2.04. The lowest BCUT2D eigenvalue weighted by atomic mass is 9.82. The zero-order valence-corrected chi connectivity index (χ0v) is 16.6. The molecule has 27 heavy (non-hydrogen) atoms. The van der Waals surface area contributed by atoms with Crippen molar-refractivity contribution in [2.24, 2.45) is 0 Å². The van der Waals surface area contributed by atoms with Crippen molar-refractivity contribution >= 4 is 23.2 Å². The zero-order chi connectivity index (χ0) is 18.9. The van der Waals surface area contributed by atoms with E-state index in [1.807, 2.05) is 6.07 Å². The second-order valence-corrected chi connectivity index (χ2v) is 8.59. The minimum atomic E-state index is -0.258. The van der Waals surface area contributed by atoms with E-state index in [1.54, 1.807) is 23.3 Å².